The summed E-state index contributed by atoms with van der Waals surface area (Å²) in [5.74, 6) is 0.697. The van der Waals surface area contributed by atoms with E-state index in [1.165, 1.54) is 0 Å². The van der Waals surface area contributed by atoms with E-state index in [0.29, 0.717) is 30.3 Å². The highest BCUT2D eigenvalue weighted by atomic mass is 16.5. The van der Waals surface area contributed by atoms with Crippen LogP contribution in [-0.4, -0.2) is 76.9 Å². The van der Waals surface area contributed by atoms with E-state index in [0.717, 1.165) is 32.8 Å². The second-order valence-electron chi connectivity index (χ2n) is 6.69. The van der Waals surface area contributed by atoms with Gasteiger partial charge in [0.25, 0.3) is 0 Å². The number of anilines is 1. The number of hydrogen-bond acceptors (Lipinski definition) is 6. The molecule has 0 spiro atoms. The molecule has 2 saturated heterocycles. The van der Waals surface area contributed by atoms with Crippen molar-refractivity contribution in [1.82, 2.24) is 10.2 Å². The lowest BCUT2D eigenvalue weighted by atomic mass is 10.1. The van der Waals surface area contributed by atoms with E-state index in [1.54, 1.807) is 37.3 Å². The van der Waals surface area contributed by atoms with Crippen LogP contribution in [0.25, 0.3) is 0 Å². The summed E-state index contributed by atoms with van der Waals surface area (Å²) in [4.78, 5) is 28.8. The molecule has 148 valence electrons. The summed E-state index contributed by atoms with van der Waals surface area (Å²) in [6, 6.07) is 5.30. The second kappa shape index (κ2) is 9.05. The summed E-state index contributed by atoms with van der Waals surface area (Å²) in [6.07, 6.45) is 0.207. The van der Waals surface area contributed by atoms with Gasteiger partial charge in [0.1, 0.15) is 11.5 Å². The van der Waals surface area contributed by atoms with Gasteiger partial charge in [-0.05, 0) is 12.1 Å². The van der Waals surface area contributed by atoms with Crippen LogP contribution in [0.4, 0.5) is 5.69 Å². The number of nitrogens with one attached hydrogen (secondary N) is 1. The Bertz CT molecular complexity index is 675. The molecule has 27 heavy (non-hydrogen) atoms. The van der Waals surface area contributed by atoms with Crippen molar-refractivity contribution in [1.29, 1.82) is 0 Å². The van der Waals surface area contributed by atoms with E-state index >= 15 is 0 Å². The molecule has 8 heteroatoms. The van der Waals surface area contributed by atoms with Gasteiger partial charge in [-0.25, -0.2) is 0 Å². The van der Waals surface area contributed by atoms with Crippen molar-refractivity contribution in [3.05, 3.63) is 18.2 Å². The molecule has 1 aromatic rings. The molecule has 2 aliphatic rings. The highest BCUT2D eigenvalue weighted by Gasteiger charge is 2.36. The lowest BCUT2D eigenvalue weighted by Crippen LogP contribution is -2.42. The van der Waals surface area contributed by atoms with Crippen molar-refractivity contribution in [2.75, 3.05) is 65.1 Å². The second-order valence-corrected chi connectivity index (χ2v) is 6.69. The quantitative estimate of drug-likeness (QED) is 0.746. The molecule has 0 aliphatic carbocycles. The van der Waals surface area contributed by atoms with Gasteiger partial charge in [-0.1, -0.05) is 0 Å². The zero-order valence-corrected chi connectivity index (χ0v) is 15.9. The van der Waals surface area contributed by atoms with Gasteiger partial charge in [0, 0.05) is 45.2 Å². The summed E-state index contributed by atoms with van der Waals surface area (Å²) >= 11 is 0. The monoisotopic (exact) mass is 377 g/mol. The molecule has 0 aromatic heterocycles. The Morgan fingerprint density at radius 3 is 2.74 bits per heavy atom. The fourth-order valence-electron chi connectivity index (χ4n) is 3.43. The number of ether oxygens (including phenoxy) is 3. The van der Waals surface area contributed by atoms with Crippen LogP contribution < -0.4 is 19.7 Å². The molecule has 2 amide bonds. The number of nitrogens with zero attached hydrogens (tertiary/aromatic N) is 2. The maximum absolute atomic E-state index is 12.5. The fourth-order valence-corrected chi connectivity index (χ4v) is 3.43. The third kappa shape index (κ3) is 4.70. The van der Waals surface area contributed by atoms with E-state index in [4.69, 9.17) is 14.2 Å². The summed E-state index contributed by atoms with van der Waals surface area (Å²) in [6.45, 7) is 4.99. The Morgan fingerprint density at radius 1 is 1.26 bits per heavy atom. The van der Waals surface area contributed by atoms with Crippen molar-refractivity contribution >= 4 is 17.5 Å². The summed E-state index contributed by atoms with van der Waals surface area (Å²) < 4.78 is 15.9. The number of rotatable bonds is 7. The molecule has 1 aromatic carbocycles. The number of amides is 2. The zero-order valence-electron chi connectivity index (χ0n) is 15.9. The fraction of sp³-hybridized carbons (Fsp3) is 0.579. The van der Waals surface area contributed by atoms with Crippen LogP contribution in [0.2, 0.25) is 0 Å². The predicted octanol–water partition coefficient (Wildman–Crippen LogP) is 0.505. The van der Waals surface area contributed by atoms with Gasteiger partial charge in [-0.2, -0.15) is 0 Å². The molecule has 0 saturated carbocycles. The average Bonchev–Trinajstić information content (AvgIpc) is 3.09. The number of benzene rings is 1. The van der Waals surface area contributed by atoms with Crippen molar-refractivity contribution in [3.8, 4) is 11.5 Å². The standard InChI is InChI=1S/C19H27N3O5/c1-25-15-3-4-16(17(12-15)26-2)22-13-14(11-18(22)23)19(24)20-5-6-21-7-9-27-10-8-21/h3-4,12,14H,5-11,13H2,1-2H3,(H,20,24)/t14-/m1/s1. The number of carbonyl (C=O) groups is 2. The van der Waals surface area contributed by atoms with E-state index in [-0.39, 0.29) is 24.2 Å². The van der Waals surface area contributed by atoms with Crippen LogP contribution in [0, 0.1) is 5.92 Å². The molecular weight excluding hydrogens is 350 g/mol. The first-order valence-corrected chi connectivity index (χ1v) is 9.22. The number of carbonyl (C=O) groups excluding carboxylic acids is 2. The van der Waals surface area contributed by atoms with Crippen LogP contribution in [0.5, 0.6) is 11.5 Å². The smallest absolute Gasteiger partial charge is 0.227 e. The van der Waals surface area contributed by atoms with Gasteiger partial charge in [-0.3, -0.25) is 14.5 Å². The topological polar surface area (TPSA) is 80.3 Å². The van der Waals surface area contributed by atoms with Crippen LogP contribution in [0.3, 0.4) is 0 Å². The first kappa shape index (κ1) is 19.4. The molecule has 0 unspecified atom stereocenters. The molecule has 8 nitrogen and oxygen atoms in total. The Morgan fingerprint density at radius 2 is 2.04 bits per heavy atom. The van der Waals surface area contributed by atoms with Gasteiger partial charge in [0.05, 0.1) is 39.0 Å². The largest absolute Gasteiger partial charge is 0.497 e. The number of morpholine rings is 1. The average molecular weight is 377 g/mol. The first-order chi connectivity index (χ1) is 13.1. The molecular formula is C19H27N3O5. The predicted molar refractivity (Wildman–Crippen MR) is 100 cm³/mol. The van der Waals surface area contributed by atoms with Gasteiger partial charge in [0.15, 0.2) is 0 Å². The van der Waals surface area contributed by atoms with Crippen LogP contribution in [0.1, 0.15) is 6.42 Å². The Balaban J connectivity index is 1.55. The first-order valence-electron chi connectivity index (χ1n) is 9.22. The van der Waals surface area contributed by atoms with Gasteiger partial charge < -0.3 is 24.4 Å². The molecule has 2 heterocycles. The molecule has 2 fully saturated rings. The van der Waals surface area contributed by atoms with E-state index < -0.39 is 0 Å². The van der Waals surface area contributed by atoms with Crippen molar-refractivity contribution in [3.63, 3.8) is 0 Å². The van der Waals surface area contributed by atoms with Crippen LogP contribution in [0.15, 0.2) is 18.2 Å². The van der Waals surface area contributed by atoms with Gasteiger partial charge in [-0.15, -0.1) is 0 Å². The van der Waals surface area contributed by atoms with Crippen LogP contribution >= 0.6 is 0 Å². The molecule has 0 radical (unpaired) electrons. The van der Waals surface area contributed by atoms with E-state index in [2.05, 4.69) is 10.2 Å². The molecule has 3 rings (SSSR count). The van der Waals surface area contributed by atoms with Gasteiger partial charge >= 0.3 is 0 Å². The third-order valence-electron chi connectivity index (χ3n) is 5.00. The van der Waals surface area contributed by atoms with E-state index in [1.807, 2.05) is 0 Å². The molecule has 0 bridgehead atoms. The Kier molecular flexibility index (Phi) is 6.52. The third-order valence-corrected chi connectivity index (χ3v) is 5.00. The molecule has 1 atom stereocenters. The lowest BCUT2D eigenvalue weighted by Gasteiger charge is -2.26. The van der Waals surface area contributed by atoms with Crippen LogP contribution in [-0.2, 0) is 14.3 Å². The normalized spacial score (nSPS) is 20.6. The Hall–Kier alpha value is -2.32. The van der Waals surface area contributed by atoms with Crippen molar-refractivity contribution in [2.24, 2.45) is 5.92 Å². The SMILES string of the molecule is COc1ccc(N2C[C@H](C(=O)NCCN3CCOCC3)CC2=O)c(OC)c1. The maximum atomic E-state index is 12.5. The summed E-state index contributed by atoms with van der Waals surface area (Å²) in [5, 5.41) is 2.96. The number of methoxy groups -OCH3 is 2. The Labute approximate surface area is 159 Å². The number of hydrogen-bond donors (Lipinski definition) is 1. The maximum Gasteiger partial charge on any atom is 0.227 e. The highest BCUT2D eigenvalue weighted by Crippen LogP contribution is 2.35. The van der Waals surface area contributed by atoms with Crippen molar-refractivity contribution in [2.45, 2.75) is 6.42 Å². The minimum atomic E-state index is -0.353. The lowest BCUT2D eigenvalue weighted by molar-refractivity contribution is -0.126. The summed E-state index contributed by atoms with van der Waals surface area (Å²) in [5.41, 5.74) is 0.659. The minimum Gasteiger partial charge on any atom is -0.497 e. The highest BCUT2D eigenvalue weighted by molar-refractivity contribution is 6.01. The van der Waals surface area contributed by atoms with Gasteiger partial charge in [0.2, 0.25) is 11.8 Å². The molecule has 2 aliphatic heterocycles. The molecule has 1 N–H and O–H groups in total. The minimum absolute atomic E-state index is 0.0770. The van der Waals surface area contributed by atoms with E-state index in [9.17, 15) is 9.59 Å². The van der Waals surface area contributed by atoms with Crippen molar-refractivity contribution < 1.29 is 23.8 Å². The zero-order chi connectivity index (χ0) is 19.2. The summed E-state index contributed by atoms with van der Waals surface area (Å²) in [7, 11) is 3.13.